The van der Waals surface area contributed by atoms with Gasteiger partial charge in [-0.05, 0) is 13.0 Å². The van der Waals surface area contributed by atoms with Gasteiger partial charge in [0.2, 0.25) is 0 Å². The molecule has 0 atom stereocenters. The SMILES string of the molecule is Cc1cc(C(C)(C)CC(=O)O)nn1C. The number of hydrogen-bond donors (Lipinski definition) is 1. The zero-order valence-corrected chi connectivity index (χ0v) is 9.03. The second kappa shape index (κ2) is 3.44. The van der Waals surface area contributed by atoms with Gasteiger partial charge in [0.05, 0.1) is 12.1 Å². The average Bonchev–Trinajstić information content (AvgIpc) is 2.30. The molecule has 1 aromatic heterocycles. The second-order valence-corrected chi connectivity index (χ2v) is 4.25. The van der Waals surface area contributed by atoms with E-state index in [-0.39, 0.29) is 6.42 Å². The molecule has 0 fully saturated rings. The molecule has 1 rings (SSSR count). The lowest BCUT2D eigenvalue weighted by Crippen LogP contribution is -2.22. The van der Waals surface area contributed by atoms with Crippen molar-refractivity contribution in [1.82, 2.24) is 9.78 Å². The van der Waals surface area contributed by atoms with Crippen molar-refractivity contribution in [2.24, 2.45) is 7.05 Å². The first-order valence-corrected chi connectivity index (χ1v) is 4.56. The van der Waals surface area contributed by atoms with E-state index >= 15 is 0 Å². The van der Waals surface area contributed by atoms with Gasteiger partial charge >= 0.3 is 5.97 Å². The smallest absolute Gasteiger partial charge is 0.304 e. The van der Waals surface area contributed by atoms with Crippen LogP contribution in [0.5, 0.6) is 0 Å². The molecule has 1 aromatic rings. The molecule has 0 aliphatic rings. The molecule has 1 heterocycles. The zero-order chi connectivity index (χ0) is 10.9. The molecule has 0 unspecified atom stereocenters. The van der Waals surface area contributed by atoms with Gasteiger partial charge in [-0.2, -0.15) is 5.10 Å². The molecule has 0 aromatic carbocycles. The lowest BCUT2D eigenvalue weighted by Gasteiger charge is -2.19. The highest BCUT2D eigenvalue weighted by atomic mass is 16.4. The van der Waals surface area contributed by atoms with Crippen molar-refractivity contribution in [3.8, 4) is 0 Å². The van der Waals surface area contributed by atoms with E-state index in [4.69, 9.17) is 5.11 Å². The summed E-state index contributed by atoms with van der Waals surface area (Å²) in [6, 6.07) is 1.93. The third kappa shape index (κ3) is 2.13. The fourth-order valence-electron chi connectivity index (χ4n) is 1.36. The van der Waals surface area contributed by atoms with Crippen LogP contribution >= 0.6 is 0 Å². The minimum atomic E-state index is -0.793. The van der Waals surface area contributed by atoms with Gasteiger partial charge in [-0.15, -0.1) is 0 Å². The molecule has 78 valence electrons. The summed E-state index contributed by atoms with van der Waals surface area (Å²) in [5, 5.41) is 13.0. The van der Waals surface area contributed by atoms with Crippen molar-refractivity contribution in [1.29, 1.82) is 0 Å². The third-order valence-corrected chi connectivity index (χ3v) is 2.40. The molecule has 0 radical (unpaired) electrons. The largest absolute Gasteiger partial charge is 0.481 e. The Hall–Kier alpha value is -1.32. The van der Waals surface area contributed by atoms with Crippen molar-refractivity contribution in [2.75, 3.05) is 0 Å². The van der Waals surface area contributed by atoms with Gasteiger partial charge in [0, 0.05) is 18.2 Å². The van der Waals surface area contributed by atoms with Gasteiger partial charge in [-0.3, -0.25) is 9.48 Å². The molecule has 0 bridgehead atoms. The molecule has 0 saturated carbocycles. The molecule has 0 saturated heterocycles. The van der Waals surface area contributed by atoms with Crippen LogP contribution in [0.25, 0.3) is 0 Å². The number of carboxylic acid groups (broad SMARTS) is 1. The van der Waals surface area contributed by atoms with Crippen LogP contribution in [-0.4, -0.2) is 20.9 Å². The van der Waals surface area contributed by atoms with E-state index in [2.05, 4.69) is 5.10 Å². The Morgan fingerprint density at radius 2 is 2.21 bits per heavy atom. The molecular weight excluding hydrogens is 180 g/mol. The molecule has 1 N–H and O–H groups in total. The Morgan fingerprint density at radius 3 is 2.57 bits per heavy atom. The molecular formula is C10H16N2O2. The van der Waals surface area contributed by atoms with E-state index in [0.717, 1.165) is 11.4 Å². The summed E-state index contributed by atoms with van der Waals surface area (Å²) in [5.41, 5.74) is 1.47. The Kier molecular flexibility index (Phi) is 2.64. The molecule has 0 aliphatic carbocycles. The van der Waals surface area contributed by atoms with Crippen molar-refractivity contribution in [3.63, 3.8) is 0 Å². The Labute approximate surface area is 83.5 Å². The predicted molar refractivity (Wildman–Crippen MR) is 53.2 cm³/mol. The Balaban J connectivity index is 2.97. The lowest BCUT2D eigenvalue weighted by atomic mass is 9.86. The Morgan fingerprint density at radius 1 is 1.64 bits per heavy atom. The number of aromatic nitrogens is 2. The van der Waals surface area contributed by atoms with Crippen LogP contribution < -0.4 is 0 Å². The van der Waals surface area contributed by atoms with E-state index in [0.29, 0.717) is 0 Å². The standard InChI is InChI=1S/C10H16N2O2/c1-7-5-8(11-12(7)4)10(2,3)6-9(13)14/h5H,6H2,1-4H3,(H,13,14). The summed E-state index contributed by atoms with van der Waals surface area (Å²) in [6.07, 6.45) is 0.101. The fraction of sp³-hybridized carbons (Fsp3) is 0.600. The summed E-state index contributed by atoms with van der Waals surface area (Å²) in [4.78, 5) is 10.6. The minimum absolute atomic E-state index is 0.101. The lowest BCUT2D eigenvalue weighted by molar-refractivity contribution is -0.138. The van der Waals surface area contributed by atoms with E-state index in [9.17, 15) is 4.79 Å². The molecule has 4 nitrogen and oxygen atoms in total. The summed E-state index contributed by atoms with van der Waals surface area (Å²) >= 11 is 0. The first kappa shape index (κ1) is 10.8. The number of carbonyl (C=O) groups is 1. The van der Waals surface area contributed by atoms with E-state index in [1.807, 2.05) is 33.9 Å². The van der Waals surface area contributed by atoms with Gasteiger partial charge < -0.3 is 5.11 Å². The van der Waals surface area contributed by atoms with Crippen molar-refractivity contribution < 1.29 is 9.90 Å². The van der Waals surface area contributed by atoms with E-state index < -0.39 is 11.4 Å². The third-order valence-electron chi connectivity index (χ3n) is 2.40. The van der Waals surface area contributed by atoms with Crippen LogP contribution in [0.3, 0.4) is 0 Å². The zero-order valence-electron chi connectivity index (χ0n) is 9.03. The van der Waals surface area contributed by atoms with Gasteiger partial charge in [0.25, 0.3) is 0 Å². The van der Waals surface area contributed by atoms with Crippen molar-refractivity contribution >= 4 is 5.97 Å². The van der Waals surface area contributed by atoms with E-state index in [1.54, 1.807) is 4.68 Å². The van der Waals surface area contributed by atoms with Crippen LogP contribution in [0.1, 0.15) is 31.7 Å². The number of hydrogen-bond acceptors (Lipinski definition) is 2. The molecule has 0 amide bonds. The minimum Gasteiger partial charge on any atom is -0.481 e. The highest BCUT2D eigenvalue weighted by Crippen LogP contribution is 2.25. The molecule has 4 heteroatoms. The Bertz CT molecular complexity index is 334. The number of carboxylic acids is 1. The first-order chi connectivity index (χ1) is 6.33. The van der Waals surface area contributed by atoms with Gasteiger partial charge in [0.1, 0.15) is 0 Å². The second-order valence-electron chi connectivity index (χ2n) is 4.25. The van der Waals surface area contributed by atoms with E-state index in [1.165, 1.54) is 0 Å². The maximum absolute atomic E-state index is 10.6. The molecule has 0 spiro atoms. The normalized spacial score (nSPS) is 11.7. The first-order valence-electron chi connectivity index (χ1n) is 4.56. The van der Waals surface area contributed by atoms with Gasteiger partial charge in [0.15, 0.2) is 0 Å². The van der Waals surface area contributed by atoms with Crippen molar-refractivity contribution in [2.45, 2.75) is 32.6 Å². The van der Waals surface area contributed by atoms with Gasteiger partial charge in [-0.1, -0.05) is 13.8 Å². The highest BCUT2D eigenvalue weighted by Gasteiger charge is 2.27. The summed E-state index contributed by atoms with van der Waals surface area (Å²) in [7, 11) is 1.86. The highest BCUT2D eigenvalue weighted by molar-refractivity contribution is 5.68. The average molecular weight is 196 g/mol. The number of nitrogens with zero attached hydrogens (tertiary/aromatic N) is 2. The number of aryl methyl sites for hydroxylation is 2. The predicted octanol–water partition coefficient (Wildman–Crippen LogP) is 1.48. The summed E-state index contributed by atoms with van der Waals surface area (Å²) in [6.45, 7) is 5.74. The van der Waals surface area contributed by atoms with Crippen LogP contribution in [0.4, 0.5) is 0 Å². The van der Waals surface area contributed by atoms with Crippen LogP contribution in [-0.2, 0) is 17.3 Å². The van der Waals surface area contributed by atoms with Crippen LogP contribution in [0.15, 0.2) is 6.07 Å². The number of rotatable bonds is 3. The van der Waals surface area contributed by atoms with Crippen LogP contribution in [0.2, 0.25) is 0 Å². The summed E-state index contributed by atoms with van der Waals surface area (Å²) in [5.74, 6) is -0.793. The molecule has 14 heavy (non-hydrogen) atoms. The van der Waals surface area contributed by atoms with Crippen molar-refractivity contribution in [3.05, 3.63) is 17.5 Å². The number of aliphatic carboxylic acids is 1. The maximum Gasteiger partial charge on any atom is 0.304 e. The van der Waals surface area contributed by atoms with Crippen LogP contribution in [0, 0.1) is 6.92 Å². The monoisotopic (exact) mass is 196 g/mol. The fourth-order valence-corrected chi connectivity index (χ4v) is 1.36. The summed E-state index contributed by atoms with van der Waals surface area (Å²) < 4.78 is 1.76. The maximum atomic E-state index is 10.6. The quantitative estimate of drug-likeness (QED) is 0.796. The van der Waals surface area contributed by atoms with Gasteiger partial charge in [-0.25, -0.2) is 0 Å². The molecule has 0 aliphatic heterocycles. The topological polar surface area (TPSA) is 55.1 Å².